The second kappa shape index (κ2) is 2.96. The molecule has 0 aliphatic carbocycles. The van der Waals surface area contributed by atoms with Crippen molar-refractivity contribution in [1.29, 1.82) is 0 Å². The number of rotatable bonds is 2. The predicted molar refractivity (Wildman–Crippen MR) is 38.7 cm³/mol. The number of nitrogens with zero attached hydrogens (tertiary/aromatic N) is 1. The van der Waals surface area contributed by atoms with Crippen molar-refractivity contribution in [3.63, 3.8) is 0 Å². The zero-order valence-electron chi connectivity index (χ0n) is 5.66. The van der Waals surface area contributed by atoms with Crippen molar-refractivity contribution in [2.45, 2.75) is 6.92 Å². The number of carbonyl (C=O) groups is 1. The van der Waals surface area contributed by atoms with E-state index in [2.05, 4.69) is 10.3 Å². The van der Waals surface area contributed by atoms with Crippen molar-refractivity contribution >= 4 is 12.1 Å². The summed E-state index contributed by atoms with van der Waals surface area (Å²) in [6.07, 6.45) is 3.97. The lowest BCUT2D eigenvalue weighted by Gasteiger charge is -1.96. The van der Waals surface area contributed by atoms with Crippen LogP contribution in [0.4, 0.5) is 5.69 Å². The maximum absolute atomic E-state index is 9.95. The summed E-state index contributed by atoms with van der Waals surface area (Å²) < 4.78 is 0. The number of anilines is 1. The first kappa shape index (κ1) is 6.74. The fraction of sp³-hybridized carbons (Fsp3) is 0.143. The first-order valence-corrected chi connectivity index (χ1v) is 2.95. The Bertz CT molecular complexity index is 235. The molecule has 0 aliphatic rings. The minimum absolute atomic E-state index is 0.635. The van der Waals surface area contributed by atoms with Crippen LogP contribution >= 0.6 is 0 Å². The molecule has 3 heteroatoms. The fourth-order valence-electron chi connectivity index (χ4n) is 0.702. The Morgan fingerprint density at radius 2 is 2.40 bits per heavy atom. The van der Waals surface area contributed by atoms with Crippen molar-refractivity contribution in [1.82, 2.24) is 4.98 Å². The SMILES string of the molecule is Cc1cncc(NC=O)c1. The summed E-state index contributed by atoms with van der Waals surface area (Å²) in [5, 5.41) is 2.51. The Kier molecular flexibility index (Phi) is 1.99. The van der Waals surface area contributed by atoms with E-state index < -0.39 is 0 Å². The Morgan fingerprint density at radius 3 is 3.00 bits per heavy atom. The highest BCUT2D eigenvalue weighted by molar-refractivity contribution is 5.70. The van der Waals surface area contributed by atoms with Crippen LogP contribution in [-0.2, 0) is 4.79 Å². The molecule has 0 spiro atoms. The van der Waals surface area contributed by atoms with Gasteiger partial charge in [0.1, 0.15) is 0 Å². The van der Waals surface area contributed by atoms with Gasteiger partial charge in [-0.2, -0.15) is 0 Å². The maximum atomic E-state index is 9.95. The van der Waals surface area contributed by atoms with E-state index in [0.717, 1.165) is 11.3 Å². The Hall–Kier alpha value is -1.38. The summed E-state index contributed by atoms with van der Waals surface area (Å²) in [6.45, 7) is 1.92. The van der Waals surface area contributed by atoms with Gasteiger partial charge in [0.15, 0.2) is 0 Å². The molecule has 1 rings (SSSR count). The quantitative estimate of drug-likeness (QED) is 0.615. The molecule has 1 aromatic heterocycles. The van der Waals surface area contributed by atoms with E-state index in [-0.39, 0.29) is 0 Å². The summed E-state index contributed by atoms with van der Waals surface area (Å²) in [7, 11) is 0. The first-order chi connectivity index (χ1) is 4.83. The predicted octanol–water partition coefficient (Wildman–Crippen LogP) is 0.958. The van der Waals surface area contributed by atoms with Crippen LogP contribution in [0.25, 0.3) is 0 Å². The molecule has 1 aromatic rings. The molecule has 52 valence electrons. The molecule has 0 aliphatic heterocycles. The molecule has 0 aromatic carbocycles. The first-order valence-electron chi connectivity index (χ1n) is 2.95. The molecular weight excluding hydrogens is 128 g/mol. The zero-order valence-corrected chi connectivity index (χ0v) is 5.66. The number of nitrogens with one attached hydrogen (secondary N) is 1. The monoisotopic (exact) mass is 136 g/mol. The summed E-state index contributed by atoms with van der Waals surface area (Å²) in [5.41, 5.74) is 1.77. The Balaban J connectivity index is 2.84. The third kappa shape index (κ3) is 1.55. The third-order valence-electron chi connectivity index (χ3n) is 1.10. The van der Waals surface area contributed by atoms with Gasteiger partial charge < -0.3 is 5.32 Å². The van der Waals surface area contributed by atoms with Crippen LogP contribution in [0.3, 0.4) is 0 Å². The average Bonchev–Trinajstić information content (AvgIpc) is 1.88. The van der Waals surface area contributed by atoms with Gasteiger partial charge in [-0.05, 0) is 18.6 Å². The molecule has 0 radical (unpaired) electrons. The van der Waals surface area contributed by atoms with Gasteiger partial charge in [0.25, 0.3) is 0 Å². The average molecular weight is 136 g/mol. The molecule has 0 unspecified atom stereocenters. The molecule has 3 nitrogen and oxygen atoms in total. The van der Waals surface area contributed by atoms with Crippen LogP contribution < -0.4 is 5.32 Å². The summed E-state index contributed by atoms with van der Waals surface area (Å²) >= 11 is 0. The Morgan fingerprint density at radius 1 is 1.60 bits per heavy atom. The van der Waals surface area contributed by atoms with Crippen LogP contribution in [0, 0.1) is 6.92 Å². The molecule has 10 heavy (non-hydrogen) atoms. The van der Waals surface area contributed by atoms with Gasteiger partial charge in [0, 0.05) is 6.20 Å². The number of aromatic nitrogens is 1. The largest absolute Gasteiger partial charge is 0.327 e. The van der Waals surface area contributed by atoms with Gasteiger partial charge in [0.2, 0.25) is 6.41 Å². The lowest BCUT2D eigenvalue weighted by atomic mass is 10.3. The summed E-state index contributed by atoms with van der Waals surface area (Å²) in [6, 6.07) is 1.85. The van der Waals surface area contributed by atoms with E-state index in [4.69, 9.17) is 0 Å². The summed E-state index contributed by atoms with van der Waals surface area (Å²) in [4.78, 5) is 13.8. The molecule has 0 saturated carbocycles. The van der Waals surface area contributed by atoms with Gasteiger partial charge in [-0.3, -0.25) is 9.78 Å². The molecule has 0 atom stereocenters. The molecule has 0 saturated heterocycles. The Labute approximate surface area is 59.1 Å². The molecule has 1 N–H and O–H groups in total. The lowest BCUT2D eigenvalue weighted by Crippen LogP contribution is -1.94. The molecule has 1 amide bonds. The van der Waals surface area contributed by atoms with Crippen LogP contribution in [0.5, 0.6) is 0 Å². The van der Waals surface area contributed by atoms with E-state index in [1.165, 1.54) is 0 Å². The van der Waals surface area contributed by atoms with Crippen molar-refractivity contribution in [3.8, 4) is 0 Å². The number of aryl methyl sites for hydroxylation is 1. The standard InChI is InChI=1S/C7H8N2O/c1-6-2-7(9-5-10)4-8-3-6/h2-5H,1H3,(H,9,10). The third-order valence-corrected chi connectivity index (χ3v) is 1.10. The van der Waals surface area contributed by atoms with Crippen molar-refractivity contribution < 1.29 is 4.79 Å². The minimum Gasteiger partial charge on any atom is -0.327 e. The normalized spacial score (nSPS) is 8.90. The number of hydrogen-bond acceptors (Lipinski definition) is 2. The highest BCUT2D eigenvalue weighted by Gasteiger charge is 1.88. The fourth-order valence-corrected chi connectivity index (χ4v) is 0.702. The van der Waals surface area contributed by atoms with Gasteiger partial charge >= 0.3 is 0 Å². The zero-order chi connectivity index (χ0) is 7.40. The van der Waals surface area contributed by atoms with Crippen LogP contribution in [0.2, 0.25) is 0 Å². The number of carbonyl (C=O) groups excluding carboxylic acids is 1. The number of pyridine rings is 1. The van der Waals surface area contributed by atoms with E-state index in [9.17, 15) is 4.79 Å². The van der Waals surface area contributed by atoms with Crippen LogP contribution in [0.15, 0.2) is 18.5 Å². The lowest BCUT2D eigenvalue weighted by molar-refractivity contribution is -0.105. The molecular formula is C7H8N2O. The van der Waals surface area contributed by atoms with Crippen LogP contribution in [-0.4, -0.2) is 11.4 Å². The van der Waals surface area contributed by atoms with Gasteiger partial charge in [-0.1, -0.05) is 0 Å². The second-order valence-corrected chi connectivity index (χ2v) is 2.01. The van der Waals surface area contributed by atoms with Gasteiger partial charge in [-0.25, -0.2) is 0 Å². The topological polar surface area (TPSA) is 42.0 Å². The number of hydrogen-bond donors (Lipinski definition) is 1. The van der Waals surface area contributed by atoms with Crippen molar-refractivity contribution in [3.05, 3.63) is 24.0 Å². The summed E-state index contributed by atoms with van der Waals surface area (Å²) in [5.74, 6) is 0. The second-order valence-electron chi connectivity index (χ2n) is 2.01. The maximum Gasteiger partial charge on any atom is 0.211 e. The van der Waals surface area contributed by atoms with Crippen molar-refractivity contribution in [2.24, 2.45) is 0 Å². The van der Waals surface area contributed by atoms with E-state index >= 15 is 0 Å². The highest BCUT2D eigenvalue weighted by atomic mass is 16.1. The van der Waals surface area contributed by atoms with Gasteiger partial charge in [0.05, 0.1) is 11.9 Å². The molecule has 0 fully saturated rings. The molecule has 1 heterocycles. The highest BCUT2D eigenvalue weighted by Crippen LogP contribution is 2.04. The smallest absolute Gasteiger partial charge is 0.211 e. The van der Waals surface area contributed by atoms with Gasteiger partial charge in [-0.15, -0.1) is 0 Å². The molecule has 0 bridgehead atoms. The van der Waals surface area contributed by atoms with E-state index in [1.807, 2.05) is 13.0 Å². The van der Waals surface area contributed by atoms with E-state index in [0.29, 0.717) is 6.41 Å². The van der Waals surface area contributed by atoms with Crippen molar-refractivity contribution in [2.75, 3.05) is 5.32 Å². The van der Waals surface area contributed by atoms with Crippen LogP contribution in [0.1, 0.15) is 5.56 Å². The van der Waals surface area contributed by atoms with E-state index in [1.54, 1.807) is 12.4 Å². The minimum atomic E-state index is 0.635. The number of amides is 1.